The van der Waals surface area contributed by atoms with Crippen LogP contribution in [0, 0.1) is 13.8 Å². The van der Waals surface area contributed by atoms with Crippen LogP contribution in [0.4, 0.5) is 0 Å². The van der Waals surface area contributed by atoms with Gasteiger partial charge in [0, 0.05) is 11.6 Å². The Balaban J connectivity index is 2.81. The van der Waals surface area contributed by atoms with Crippen LogP contribution in [0.1, 0.15) is 41.4 Å². The van der Waals surface area contributed by atoms with Gasteiger partial charge in [0.2, 0.25) is 0 Å². The maximum Gasteiger partial charge on any atom is 0.261 e. The number of nitrogens with zero attached hydrogens (tertiary/aromatic N) is 1. The highest BCUT2D eigenvalue weighted by Gasteiger charge is 2.14. The predicted octanol–water partition coefficient (Wildman–Crippen LogP) is 3.53. The molecule has 2 rings (SSSR count). The number of aromatic nitrogens is 1. The van der Waals surface area contributed by atoms with E-state index in [4.69, 9.17) is 0 Å². The van der Waals surface area contributed by atoms with Gasteiger partial charge in [-0.15, -0.1) is 0 Å². The third kappa shape index (κ3) is 2.44. The number of hydrogen-bond acceptors (Lipinski definition) is 2. The zero-order valence-corrected chi connectivity index (χ0v) is 12.3. The summed E-state index contributed by atoms with van der Waals surface area (Å²) in [4.78, 5) is 23.3. The number of aldehydes is 1. The van der Waals surface area contributed by atoms with E-state index in [1.54, 1.807) is 10.6 Å². The summed E-state index contributed by atoms with van der Waals surface area (Å²) in [7, 11) is 0. The topological polar surface area (TPSA) is 39.1 Å². The number of pyridine rings is 1. The number of benzene rings is 1. The zero-order chi connectivity index (χ0) is 14.9. The SMILES string of the molecule is Cc1ccc(C)c(-c2ccc(C=O)c(=O)n2C(C)C)c1. The lowest BCUT2D eigenvalue weighted by atomic mass is 10.0. The first kappa shape index (κ1) is 14.3. The summed E-state index contributed by atoms with van der Waals surface area (Å²) in [5, 5.41) is 0. The van der Waals surface area contributed by atoms with Gasteiger partial charge in [-0.05, 0) is 51.5 Å². The molecule has 0 saturated carbocycles. The van der Waals surface area contributed by atoms with Crippen molar-refractivity contribution in [2.24, 2.45) is 0 Å². The van der Waals surface area contributed by atoms with E-state index in [9.17, 15) is 9.59 Å². The molecule has 1 heterocycles. The van der Waals surface area contributed by atoms with Gasteiger partial charge in [0.15, 0.2) is 6.29 Å². The number of carbonyl (C=O) groups excluding carboxylic acids is 1. The fourth-order valence-electron chi connectivity index (χ4n) is 2.40. The third-order valence-corrected chi connectivity index (χ3v) is 3.46. The Bertz CT molecular complexity index is 711. The minimum atomic E-state index is -0.228. The molecule has 0 N–H and O–H groups in total. The normalized spacial score (nSPS) is 10.8. The van der Waals surface area contributed by atoms with Gasteiger partial charge in [0.1, 0.15) is 0 Å². The first-order chi connectivity index (χ1) is 9.45. The monoisotopic (exact) mass is 269 g/mol. The highest BCUT2D eigenvalue weighted by molar-refractivity contribution is 5.76. The molecule has 3 nitrogen and oxygen atoms in total. The van der Waals surface area contributed by atoms with E-state index in [0.29, 0.717) is 6.29 Å². The van der Waals surface area contributed by atoms with Crippen molar-refractivity contribution in [2.45, 2.75) is 33.7 Å². The van der Waals surface area contributed by atoms with Crippen LogP contribution in [-0.2, 0) is 0 Å². The van der Waals surface area contributed by atoms with E-state index < -0.39 is 0 Å². The van der Waals surface area contributed by atoms with Gasteiger partial charge in [-0.3, -0.25) is 9.59 Å². The van der Waals surface area contributed by atoms with Crippen molar-refractivity contribution < 1.29 is 4.79 Å². The zero-order valence-electron chi connectivity index (χ0n) is 12.3. The van der Waals surface area contributed by atoms with E-state index in [1.165, 1.54) is 0 Å². The molecular weight excluding hydrogens is 250 g/mol. The number of aryl methyl sites for hydroxylation is 2. The molecule has 0 radical (unpaired) electrons. The molecule has 104 valence electrons. The predicted molar refractivity (Wildman–Crippen MR) is 81.4 cm³/mol. The summed E-state index contributed by atoms with van der Waals surface area (Å²) in [5.41, 5.74) is 4.13. The van der Waals surface area contributed by atoms with Crippen molar-refractivity contribution >= 4 is 6.29 Å². The molecule has 0 aliphatic carbocycles. The van der Waals surface area contributed by atoms with Crippen LogP contribution in [0.3, 0.4) is 0 Å². The summed E-state index contributed by atoms with van der Waals surface area (Å²) >= 11 is 0. The van der Waals surface area contributed by atoms with Crippen molar-refractivity contribution in [1.29, 1.82) is 0 Å². The fraction of sp³-hybridized carbons (Fsp3) is 0.294. The highest BCUT2D eigenvalue weighted by Crippen LogP contribution is 2.25. The molecule has 0 saturated heterocycles. The standard InChI is InChI=1S/C17H19NO2/c1-11(2)18-16(8-7-14(10-19)17(18)20)15-9-12(3)5-6-13(15)4/h5-11H,1-4H3. The average molecular weight is 269 g/mol. The Hall–Kier alpha value is -2.16. The van der Waals surface area contributed by atoms with Gasteiger partial charge in [0.05, 0.1) is 11.3 Å². The summed E-state index contributed by atoms with van der Waals surface area (Å²) in [5.74, 6) is 0. The molecule has 1 aromatic heterocycles. The second kappa shape index (κ2) is 5.45. The maximum absolute atomic E-state index is 12.4. The number of hydrogen-bond donors (Lipinski definition) is 0. The van der Waals surface area contributed by atoms with Gasteiger partial charge < -0.3 is 4.57 Å². The summed E-state index contributed by atoms with van der Waals surface area (Å²) in [6, 6.07) is 9.63. The third-order valence-electron chi connectivity index (χ3n) is 3.46. The summed E-state index contributed by atoms with van der Waals surface area (Å²) in [6.45, 7) is 7.95. The molecule has 2 aromatic rings. The maximum atomic E-state index is 12.4. The largest absolute Gasteiger partial charge is 0.305 e. The van der Waals surface area contributed by atoms with Crippen LogP contribution in [0.2, 0.25) is 0 Å². The van der Waals surface area contributed by atoms with E-state index in [-0.39, 0.29) is 17.2 Å². The molecule has 0 unspecified atom stereocenters. The van der Waals surface area contributed by atoms with Gasteiger partial charge in [-0.25, -0.2) is 0 Å². The van der Waals surface area contributed by atoms with Crippen molar-refractivity contribution in [3.05, 3.63) is 57.4 Å². The van der Waals surface area contributed by atoms with Crippen LogP contribution in [0.25, 0.3) is 11.3 Å². The quantitative estimate of drug-likeness (QED) is 0.800. The molecule has 1 aromatic carbocycles. The summed E-state index contributed by atoms with van der Waals surface area (Å²) in [6.07, 6.45) is 0.619. The molecule has 3 heteroatoms. The number of rotatable bonds is 3. The van der Waals surface area contributed by atoms with E-state index in [2.05, 4.69) is 12.1 Å². The van der Waals surface area contributed by atoms with Crippen LogP contribution in [-0.4, -0.2) is 10.9 Å². The molecule has 0 bridgehead atoms. The average Bonchev–Trinajstić information content (AvgIpc) is 2.40. The van der Waals surface area contributed by atoms with Crippen LogP contribution in [0.5, 0.6) is 0 Å². The second-order valence-electron chi connectivity index (χ2n) is 5.38. The molecule has 20 heavy (non-hydrogen) atoms. The van der Waals surface area contributed by atoms with Gasteiger partial charge >= 0.3 is 0 Å². The van der Waals surface area contributed by atoms with Crippen molar-refractivity contribution in [1.82, 2.24) is 4.57 Å². The van der Waals surface area contributed by atoms with Crippen LogP contribution >= 0.6 is 0 Å². The molecular formula is C17H19NO2. The molecule has 0 atom stereocenters. The Morgan fingerprint density at radius 1 is 1.10 bits per heavy atom. The first-order valence-corrected chi connectivity index (χ1v) is 6.74. The summed E-state index contributed by atoms with van der Waals surface area (Å²) < 4.78 is 1.69. The highest BCUT2D eigenvalue weighted by atomic mass is 16.1. The van der Waals surface area contributed by atoms with Crippen molar-refractivity contribution in [3.8, 4) is 11.3 Å². The Labute approximate surface area is 118 Å². The minimum Gasteiger partial charge on any atom is -0.305 e. The molecule has 0 fully saturated rings. The Morgan fingerprint density at radius 3 is 2.40 bits per heavy atom. The lowest BCUT2D eigenvalue weighted by Crippen LogP contribution is -2.26. The molecule has 0 aliphatic rings. The number of carbonyl (C=O) groups is 1. The van der Waals surface area contributed by atoms with Crippen molar-refractivity contribution in [3.63, 3.8) is 0 Å². The second-order valence-corrected chi connectivity index (χ2v) is 5.38. The van der Waals surface area contributed by atoms with E-state index in [1.807, 2.05) is 39.8 Å². The van der Waals surface area contributed by atoms with Crippen molar-refractivity contribution in [2.75, 3.05) is 0 Å². The molecule has 0 aliphatic heterocycles. The van der Waals surface area contributed by atoms with Crippen LogP contribution in [0.15, 0.2) is 35.1 Å². The van der Waals surface area contributed by atoms with Gasteiger partial charge in [-0.2, -0.15) is 0 Å². The molecule has 0 spiro atoms. The van der Waals surface area contributed by atoms with E-state index in [0.717, 1.165) is 22.4 Å². The Kier molecular flexibility index (Phi) is 3.89. The first-order valence-electron chi connectivity index (χ1n) is 6.74. The minimum absolute atomic E-state index is 0.00249. The lowest BCUT2D eigenvalue weighted by Gasteiger charge is -2.18. The van der Waals surface area contributed by atoms with Gasteiger partial charge in [-0.1, -0.05) is 17.7 Å². The van der Waals surface area contributed by atoms with Gasteiger partial charge in [0.25, 0.3) is 5.56 Å². The van der Waals surface area contributed by atoms with E-state index >= 15 is 0 Å². The lowest BCUT2D eigenvalue weighted by molar-refractivity contribution is 0.112. The van der Waals surface area contributed by atoms with Crippen LogP contribution < -0.4 is 5.56 Å². The fourth-order valence-corrected chi connectivity index (χ4v) is 2.40. The molecule has 0 amide bonds. The Morgan fingerprint density at radius 2 is 1.80 bits per heavy atom. The smallest absolute Gasteiger partial charge is 0.261 e.